The van der Waals surface area contributed by atoms with Crippen LogP contribution >= 0.6 is 11.3 Å². The predicted molar refractivity (Wildman–Crippen MR) is 116 cm³/mol. The van der Waals surface area contributed by atoms with Crippen LogP contribution in [-0.2, 0) is 10.0 Å². The topological polar surface area (TPSA) is 92.3 Å². The molecule has 10 heteroatoms. The van der Waals surface area contributed by atoms with Gasteiger partial charge in [-0.05, 0) is 49.6 Å². The summed E-state index contributed by atoms with van der Waals surface area (Å²) in [6.07, 6.45) is 1.38. The number of nitrogens with one attached hydrogen (secondary N) is 1. The van der Waals surface area contributed by atoms with E-state index in [9.17, 15) is 17.6 Å². The molecule has 4 rings (SSSR count). The summed E-state index contributed by atoms with van der Waals surface area (Å²) in [5.74, 6) is -1.12. The molecule has 7 nitrogen and oxygen atoms in total. The number of carbonyl (C=O) groups excluding carboxylic acids is 1. The van der Waals surface area contributed by atoms with E-state index in [0.717, 1.165) is 12.5 Å². The van der Waals surface area contributed by atoms with Gasteiger partial charge in [-0.1, -0.05) is 35.6 Å². The molecule has 1 N–H and O–H groups in total. The van der Waals surface area contributed by atoms with Crippen LogP contribution in [-0.4, -0.2) is 41.9 Å². The van der Waals surface area contributed by atoms with Crippen LogP contribution in [0.3, 0.4) is 0 Å². The number of rotatable bonds is 5. The lowest BCUT2D eigenvalue weighted by molar-refractivity contribution is 0.102. The maximum atomic E-state index is 13.7. The minimum atomic E-state index is -3.84. The molecule has 31 heavy (non-hydrogen) atoms. The summed E-state index contributed by atoms with van der Waals surface area (Å²) < 4.78 is 41.3. The number of carbonyl (C=O) groups is 1. The van der Waals surface area contributed by atoms with Gasteiger partial charge in [-0.15, -0.1) is 10.2 Å². The van der Waals surface area contributed by atoms with Crippen molar-refractivity contribution >= 4 is 33.0 Å². The lowest BCUT2D eigenvalue weighted by Crippen LogP contribution is -2.39. The second-order valence-electron chi connectivity index (χ2n) is 7.38. The second kappa shape index (κ2) is 8.81. The molecule has 1 aliphatic rings. The van der Waals surface area contributed by atoms with Gasteiger partial charge in [-0.2, -0.15) is 4.31 Å². The van der Waals surface area contributed by atoms with Gasteiger partial charge in [0.2, 0.25) is 15.0 Å². The van der Waals surface area contributed by atoms with Crippen LogP contribution in [0.4, 0.5) is 10.1 Å². The number of amides is 1. The minimum absolute atomic E-state index is 0.0201. The average molecular weight is 461 g/mol. The lowest BCUT2D eigenvalue weighted by Gasteiger charge is -2.31. The second-order valence-corrected chi connectivity index (χ2v) is 10.3. The Bertz CT molecular complexity index is 1200. The van der Waals surface area contributed by atoms with E-state index in [-0.39, 0.29) is 28.3 Å². The minimum Gasteiger partial charge on any atom is -0.320 e. The number of para-hydroxylation sites is 1. The third-order valence-corrected chi connectivity index (χ3v) is 8.26. The van der Waals surface area contributed by atoms with Crippen molar-refractivity contribution in [3.8, 4) is 0 Å². The molecule has 1 atom stereocenters. The quantitative estimate of drug-likeness (QED) is 0.625. The van der Waals surface area contributed by atoms with Crippen LogP contribution in [0.15, 0.2) is 53.4 Å². The van der Waals surface area contributed by atoms with Gasteiger partial charge in [-0.3, -0.25) is 4.79 Å². The Morgan fingerprint density at radius 3 is 2.74 bits per heavy atom. The van der Waals surface area contributed by atoms with E-state index in [4.69, 9.17) is 0 Å². The van der Waals surface area contributed by atoms with E-state index in [1.165, 1.54) is 27.8 Å². The van der Waals surface area contributed by atoms with Gasteiger partial charge in [0.1, 0.15) is 10.8 Å². The molecular formula is C21H21FN4O3S2. The normalized spacial score (nSPS) is 17.4. The van der Waals surface area contributed by atoms with Crippen molar-refractivity contribution in [2.24, 2.45) is 0 Å². The summed E-state index contributed by atoms with van der Waals surface area (Å²) in [6, 6.07) is 12.8. The fraction of sp³-hybridized carbons (Fsp3) is 0.286. The summed E-state index contributed by atoms with van der Waals surface area (Å²) in [5, 5.41) is 11.8. The zero-order valence-corrected chi connectivity index (χ0v) is 18.4. The van der Waals surface area contributed by atoms with Crippen LogP contribution in [0.25, 0.3) is 0 Å². The molecule has 0 saturated carbocycles. The highest BCUT2D eigenvalue weighted by Gasteiger charge is 2.33. The smallest absolute Gasteiger partial charge is 0.286 e. The number of anilines is 1. The maximum absolute atomic E-state index is 13.7. The highest BCUT2D eigenvalue weighted by Crippen LogP contribution is 2.32. The van der Waals surface area contributed by atoms with Gasteiger partial charge in [0.05, 0.1) is 4.90 Å². The number of piperidine rings is 1. The number of aromatic nitrogens is 2. The van der Waals surface area contributed by atoms with Crippen molar-refractivity contribution in [3.63, 3.8) is 0 Å². The molecule has 0 bridgehead atoms. The van der Waals surface area contributed by atoms with E-state index in [1.807, 2.05) is 18.2 Å². The molecule has 0 radical (unpaired) electrons. The van der Waals surface area contributed by atoms with Crippen LogP contribution < -0.4 is 5.32 Å². The molecule has 0 spiro atoms. The number of sulfonamides is 1. The molecule has 1 aliphatic heterocycles. The summed E-state index contributed by atoms with van der Waals surface area (Å²) in [4.78, 5) is 12.4. The van der Waals surface area contributed by atoms with Gasteiger partial charge in [0, 0.05) is 24.7 Å². The SMILES string of the molecule is Cc1ccc(F)cc1S(=O)(=O)N1CCC[C@H](c2nnc(C(=O)Nc3ccccc3)s2)C1. The first-order valence-corrected chi connectivity index (χ1v) is 12.1. The Balaban J connectivity index is 1.50. The number of hydrogen-bond donors (Lipinski definition) is 1. The Morgan fingerprint density at radius 1 is 1.19 bits per heavy atom. The summed E-state index contributed by atoms with van der Waals surface area (Å²) >= 11 is 1.17. The van der Waals surface area contributed by atoms with Crippen molar-refractivity contribution in [1.29, 1.82) is 0 Å². The Morgan fingerprint density at radius 2 is 1.97 bits per heavy atom. The zero-order valence-electron chi connectivity index (χ0n) is 16.8. The van der Waals surface area contributed by atoms with Crippen LogP contribution in [0, 0.1) is 12.7 Å². The molecule has 2 heterocycles. The zero-order chi connectivity index (χ0) is 22.0. The first-order valence-electron chi connectivity index (χ1n) is 9.80. The van der Waals surface area contributed by atoms with E-state index in [1.54, 1.807) is 19.1 Å². The Hall–Kier alpha value is -2.69. The van der Waals surface area contributed by atoms with Gasteiger partial charge in [-0.25, -0.2) is 12.8 Å². The van der Waals surface area contributed by atoms with Crippen LogP contribution in [0.5, 0.6) is 0 Å². The largest absolute Gasteiger partial charge is 0.320 e. The molecule has 1 fully saturated rings. The molecule has 0 unspecified atom stereocenters. The number of halogens is 1. The first-order chi connectivity index (χ1) is 14.8. The molecule has 1 saturated heterocycles. The maximum Gasteiger partial charge on any atom is 0.286 e. The van der Waals surface area contributed by atoms with Crippen molar-refractivity contribution in [2.45, 2.75) is 30.6 Å². The number of hydrogen-bond acceptors (Lipinski definition) is 6. The van der Waals surface area contributed by atoms with Crippen molar-refractivity contribution < 1.29 is 17.6 Å². The third kappa shape index (κ3) is 4.65. The molecule has 3 aromatic rings. The third-order valence-electron chi connectivity index (χ3n) is 5.17. The van der Waals surface area contributed by atoms with Crippen LogP contribution in [0.1, 0.15) is 39.1 Å². The standard InChI is InChI=1S/C21H21FN4O3S2/c1-14-9-10-16(22)12-18(14)31(28,29)26-11-5-6-15(13-26)20-24-25-21(30-20)19(27)23-17-7-3-2-4-8-17/h2-4,7-10,12,15H,5-6,11,13H2,1H3,(H,23,27)/t15-/m0/s1. The fourth-order valence-corrected chi connectivity index (χ4v) is 6.18. The fourth-order valence-electron chi connectivity index (χ4n) is 3.55. The molecule has 1 amide bonds. The molecule has 162 valence electrons. The predicted octanol–water partition coefficient (Wildman–Crippen LogP) is 3.81. The van der Waals surface area contributed by atoms with Crippen molar-refractivity contribution in [1.82, 2.24) is 14.5 Å². The summed E-state index contributed by atoms with van der Waals surface area (Å²) in [7, 11) is -3.84. The van der Waals surface area contributed by atoms with E-state index in [0.29, 0.717) is 29.2 Å². The number of aryl methyl sites for hydroxylation is 1. The number of nitrogens with zero attached hydrogens (tertiary/aromatic N) is 3. The molecule has 2 aromatic carbocycles. The Kier molecular flexibility index (Phi) is 6.12. The molecule has 0 aliphatic carbocycles. The van der Waals surface area contributed by atoms with Gasteiger partial charge >= 0.3 is 0 Å². The highest BCUT2D eigenvalue weighted by molar-refractivity contribution is 7.89. The van der Waals surface area contributed by atoms with Gasteiger partial charge < -0.3 is 5.32 Å². The average Bonchev–Trinajstić information content (AvgIpc) is 3.27. The van der Waals surface area contributed by atoms with Gasteiger partial charge in [0.15, 0.2) is 0 Å². The Labute approximate surface area is 184 Å². The van der Waals surface area contributed by atoms with E-state index >= 15 is 0 Å². The van der Waals surface area contributed by atoms with E-state index < -0.39 is 15.8 Å². The van der Waals surface area contributed by atoms with Crippen LogP contribution in [0.2, 0.25) is 0 Å². The molecular weight excluding hydrogens is 439 g/mol. The molecule has 1 aromatic heterocycles. The van der Waals surface area contributed by atoms with Crippen molar-refractivity contribution in [2.75, 3.05) is 18.4 Å². The highest BCUT2D eigenvalue weighted by atomic mass is 32.2. The monoisotopic (exact) mass is 460 g/mol. The lowest BCUT2D eigenvalue weighted by atomic mass is 10.0. The number of benzene rings is 2. The van der Waals surface area contributed by atoms with Crippen molar-refractivity contribution in [3.05, 3.63) is 69.9 Å². The summed E-state index contributed by atoms with van der Waals surface area (Å²) in [5.41, 5.74) is 1.16. The first kappa shape index (κ1) is 21.5. The summed E-state index contributed by atoms with van der Waals surface area (Å²) in [6.45, 7) is 2.22. The van der Waals surface area contributed by atoms with E-state index in [2.05, 4.69) is 15.5 Å². The van der Waals surface area contributed by atoms with Gasteiger partial charge in [0.25, 0.3) is 5.91 Å².